The van der Waals surface area contributed by atoms with Crippen LogP contribution in [0.2, 0.25) is 0 Å². The monoisotopic (exact) mass is 296 g/mol. The highest BCUT2D eigenvalue weighted by molar-refractivity contribution is 7.89. The van der Waals surface area contributed by atoms with E-state index in [2.05, 4.69) is 4.98 Å². The number of carbonyl (C=O) groups excluding carboxylic acids is 1. The van der Waals surface area contributed by atoms with Gasteiger partial charge in [-0.1, -0.05) is 13.3 Å². The van der Waals surface area contributed by atoms with E-state index in [0.29, 0.717) is 6.42 Å². The quantitative estimate of drug-likeness (QED) is 0.772. The number of amides is 1. The number of hydrogen-bond donors (Lipinski definition) is 1. The van der Waals surface area contributed by atoms with Gasteiger partial charge in [0.05, 0.1) is 6.54 Å². The summed E-state index contributed by atoms with van der Waals surface area (Å²) in [6, 6.07) is 4.45. The highest BCUT2D eigenvalue weighted by Gasteiger charge is 2.28. The van der Waals surface area contributed by atoms with Gasteiger partial charge in [-0.25, -0.2) is 13.4 Å². The summed E-state index contributed by atoms with van der Waals surface area (Å²) in [7, 11) is -3.96. The number of pyridine rings is 1. The molecule has 0 bridgehead atoms. The van der Waals surface area contributed by atoms with Gasteiger partial charge in [-0.05, 0) is 18.6 Å². The fourth-order valence-electron chi connectivity index (χ4n) is 1.61. The first kappa shape index (κ1) is 16.1. The van der Waals surface area contributed by atoms with E-state index in [9.17, 15) is 13.2 Å². The zero-order chi connectivity index (χ0) is 15.2. The predicted octanol–water partition coefficient (Wildman–Crippen LogP) is 0.229. The molecule has 0 unspecified atom stereocenters. The maximum absolute atomic E-state index is 12.5. The van der Waals surface area contributed by atoms with Gasteiger partial charge in [0.15, 0.2) is 5.69 Å². The second-order valence-corrected chi connectivity index (χ2v) is 6.03. The van der Waals surface area contributed by atoms with Crippen molar-refractivity contribution in [1.82, 2.24) is 9.29 Å². The number of hydrogen-bond acceptors (Lipinski definition) is 5. The van der Waals surface area contributed by atoms with Gasteiger partial charge in [-0.2, -0.15) is 9.57 Å². The van der Waals surface area contributed by atoms with Crippen LogP contribution in [0.25, 0.3) is 0 Å². The molecule has 0 aliphatic rings. The maximum Gasteiger partial charge on any atom is 0.246 e. The van der Waals surface area contributed by atoms with Gasteiger partial charge in [0.2, 0.25) is 15.9 Å². The number of nitrogens with two attached hydrogens (primary N) is 1. The van der Waals surface area contributed by atoms with Crippen molar-refractivity contribution in [1.29, 1.82) is 5.26 Å². The van der Waals surface area contributed by atoms with E-state index >= 15 is 0 Å². The standard InChI is InChI=1S/C12H16N4O3S/c1-2-3-7-16(9-12(14)17)20(18,19)11-5-4-6-15-10(11)8-13/h4-6H,2-3,7,9H2,1H3,(H2,14,17). The molecule has 0 atom stereocenters. The molecule has 20 heavy (non-hydrogen) atoms. The van der Waals surface area contributed by atoms with E-state index in [-0.39, 0.29) is 17.1 Å². The van der Waals surface area contributed by atoms with Crippen LogP contribution in [0.3, 0.4) is 0 Å². The molecule has 0 radical (unpaired) electrons. The van der Waals surface area contributed by atoms with Gasteiger partial charge in [0, 0.05) is 12.7 Å². The molecule has 1 heterocycles. The maximum atomic E-state index is 12.5. The molecule has 8 heteroatoms. The Hall–Kier alpha value is -1.98. The molecule has 0 aromatic carbocycles. The molecule has 1 amide bonds. The third-order valence-corrected chi connectivity index (χ3v) is 4.46. The molecule has 0 saturated heterocycles. The number of aromatic nitrogens is 1. The van der Waals surface area contributed by atoms with E-state index in [1.165, 1.54) is 18.3 Å². The third kappa shape index (κ3) is 3.76. The van der Waals surface area contributed by atoms with Crippen LogP contribution >= 0.6 is 0 Å². The van der Waals surface area contributed by atoms with Gasteiger partial charge in [-0.15, -0.1) is 0 Å². The first-order valence-electron chi connectivity index (χ1n) is 6.07. The van der Waals surface area contributed by atoms with E-state index < -0.39 is 22.5 Å². The van der Waals surface area contributed by atoms with Gasteiger partial charge < -0.3 is 5.73 Å². The summed E-state index contributed by atoms with van der Waals surface area (Å²) in [5.74, 6) is -0.743. The van der Waals surface area contributed by atoms with Crippen LogP contribution < -0.4 is 5.73 Å². The molecule has 1 aromatic heterocycles. The van der Waals surface area contributed by atoms with Crippen molar-refractivity contribution < 1.29 is 13.2 Å². The van der Waals surface area contributed by atoms with Crippen molar-refractivity contribution in [3.8, 4) is 6.07 Å². The first-order valence-corrected chi connectivity index (χ1v) is 7.51. The SMILES string of the molecule is CCCCN(CC(N)=O)S(=O)(=O)c1cccnc1C#N. The summed E-state index contributed by atoms with van der Waals surface area (Å²) in [5, 5.41) is 8.93. The Bertz CT molecular complexity index is 622. The van der Waals surface area contributed by atoms with Crippen LogP contribution in [0, 0.1) is 11.3 Å². The van der Waals surface area contributed by atoms with Crippen molar-refractivity contribution in [2.24, 2.45) is 5.73 Å². The molecule has 108 valence electrons. The van der Waals surface area contributed by atoms with E-state index in [1.807, 2.05) is 6.92 Å². The minimum atomic E-state index is -3.96. The van der Waals surface area contributed by atoms with Crippen molar-refractivity contribution >= 4 is 15.9 Å². The molecule has 0 aliphatic heterocycles. The highest BCUT2D eigenvalue weighted by Crippen LogP contribution is 2.18. The topological polar surface area (TPSA) is 117 Å². The Morgan fingerprint density at radius 3 is 2.80 bits per heavy atom. The van der Waals surface area contributed by atoms with Crippen molar-refractivity contribution in [3.05, 3.63) is 24.0 Å². The van der Waals surface area contributed by atoms with E-state index in [4.69, 9.17) is 11.0 Å². The number of primary amides is 1. The number of rotatable bonds is 7. The lowest BCUT2D eigenvalue weighted by atomic mass is 10.3. The number of nitrogens with zero attached hydrogens (tertiary/aromatic N) is 3. The molecule has 2 N–H and O–H groups in total. The molecule has 7 nitrogen and oxygen atoms in total. The van der Waals surface area contributed by atoms with Crippen molar-refractivity contribution in [2.45, 2.75) is 24.7 Å². The molecule has 0 aliphatic carbocycles. The normalized spacial score (nSPS) is 11.2. The summed E-state index contributed by atoms with van der Waals surface area (Å²) in [6.07, 6.45) is 2.69. The molecule has 0 spiro atoms. The van der Waals surface area contributed by atoms with E-state index in [0.717, 1.165) is 10.7 Å². The van der Waals surface area contributed by atoms with Crippen LogP contribution in [0.15, 0.2) is 23.2 Å². The zero-order valence-corrected chi connectivity index (χ0v) is 11.9. The minimum absolute atomic E-state index is 0.168. The van der Waals surface area contributed by atoms with Crippen LogP contribution in [0.1, 0.15) is 25.5 Å². The van der Waals surface area contributed by atoms with E-state index in [1.54, 1.807) is 6.07 Å². The summed E-state index contributed by atoms with van der Waals surface area (Å²) in [6.45, 7) is 1.66. The third-order valence-electron chi connectivity index (χ3n) is 2.59. The number of nitriles is 1. The molecule has 1 rings (SSSR count). The fourth-order valence-corrected chi connectivity index (χ4v) is 3.15. The molecular formula is C12H16N4O3S. The fraction of sp³-hybridized carbons (Fsp3) is 0.417. The van der Waals surface area contributed by atoms with Crippen LogP contribution in [-0.2, 0) is 14.8 Å². The number of carbonyl (C=O) groups is 1. The molecule has 1 aromatic rings. The molecule has 0 fully saturated rings. The minimum Gasteiger partial charge on any atom is -0.369 e. The second kappa shape index (κ2) is 6.98. The summed E-state index contributed by atoms with van der Waals surface area (Å²) in [5.41, 5.74) is 4.89. The highest BCUT2D eigenvalue weighted by atomic mass is 32.2. The lowest BCUT2D eigenvalue weighted by Crippen LogP contribution is -2.39. The average molecular weight is 296 g/mol. The van der Waals surface area contributed by atoms with Crippen LogP contribution in [0.5, 0.6) is 0 Å². The summed E-state index contributed by atoms with van der Waals surface area (Å²) >= 11 is 0. The smallest absolute Gasteiger partial charge is 0.246 e. The number of unbranched alkanes of at least 4 members (excludes halogenated alkanes) is 1. The largest absolute Gasteiger partial charge is 0.369 e. The molecular weight excluding hydrogens is 280 g/mol. The lowest BCUT2D eigenvalue weighted by molar-refractivity contribution is -0.118. The molecule has 0 saturated carbocycles. The number of sulfonamides is 1. The Morgan fingerprint density at radius 2 is 2.25 bits per heavy atom. The average Bonchev–Trinajstić information content (AvgIpc) is 2.42. The van der Waals surface area contributed by atoms with Crippen molar-refractivity contribution in [3.63, 3.8) is 0 Å². The summed E-state index contributed by atoms with van der Waals surface area (Å²) in [4.78, 5) is 14.6. The Balaban J connectivity index is 3.22. The first-order chi connectivity index (χ1) is 9.43. The van der Waals surface area contributed by atoms with Gasteiger partial charge in [-0.3, -0.25) is 4.79 Å². The van der Waals surface area contributed by atoms with Crippen molar-refractivity contribution in [2.75, 3.05) is 13.1 Å². The lowest BCUT2D eigenvalue weighted by Gasteiger charge is -2.20. The second-order valence-electron chi connectivity index (χ2n) is 4.12. The van der Waals surface area contributed by atoms with Gasteiger partial charge >= 0.3 is 0 Å². The van der Waals surface area contributed by atoms with Gasteiger partial charge in [0.25, 0.3) is 0 Å². The van der Waals surface area contributed by atoms with Crippen LogP contribution in [0.4, 0.5) is 0 Å². The van der Waals surface area contributed by atoms with Crippen LogP contribution in [-0.4, -0.2) is 36.7 Å². The zero-order valence-electron chi connectivity index (χ0n) is 11.1. The Morgan fingerprint density at radius 1 is 1.55 bits per heavy atom. The Kier molecular flexibility index (Phi) is 5.61. The Labute approximate surface area is 118 Å². The summed E-state index contributed by atoms with van der Waals surface area (Å²) < 4.78 is 25.9. The van der Waals surface area contributed by atoms with Gasteiger partial charge in [0.1, 0.15) is 11.0 Å². The predicted molar refractivity (Wildman–Crippen MR) is 71.8 cm³/mol.